The lowest BCUT2D eigenvalue weighted by Crippen LogP contribution is -2.33. The normalized spacial score (nSPS) is 23.0. The Hall–Kier alpha value is -4.42. The maximum absolute atomic E-state index is 13.0. The van der Waals surface area contributed by atoms with Crippen molar-refractivity contribution in [1.29, 1.82) is 0 Å². The van der Waals surface area contributed by atoms with Crippen LogP contribution in [0, 0.1) is 0 Å². The SMILES string of the molecule is C[C@@]1(c2ccc(C(F)(F)F)cn2)Oc2cccc(C3=CCC(Cc4nc5ccc(C(=O)O)cc5n4C[C@@H]4CCO4)OC3)c2O1. The van der Waals surface area contributed by atoms with Crippen LogP contribution < -0.4 is 9.47 Å². The van der Waals surface area contributed by atoms with E-state index in [0.29, 0.717) is 44.1 Å². The molecule has 3 atom stereocenters. The van der Waals surface area contributed by atoms with E-state index in [0.717, 1.165) is 46.7 Å². The molecule has 1 N–H and O–H groups in total. The van der Waals surface area contributed by atoms with Crippen LogP contribution in [0.2, 0.25) is 0 Å². The van der Waals surface area contributed by atoms with Crippen molar-refractivity contribution in [3.05, 3.63) is 89.0 Å². The molecule has 1 fully saturated rings. The molecule has 3 aliphatic heterocycles. The van der Waals surface area contributed by atoms with Crippen molar-refractivity contribution in [3.63, 3.8) is 0 Å². The average Bonchev–Trinajstić information content (AvgIpc) is 3.51. The number of carboxylic acid groups (broad SMARTS) is 1. The highest BCUT2D eigenvalue weighted by Crippen LogP contribution is 2.48. The lowest BCUT2D eigenvalue weighted by Gasteiger charge is -2.28. The van der Waals surface area contributed by atoms with E-state index in [9.17, 15) is 23.1 Å². The Morgan fingerprint density at radius 3 is 2.61 bits per heavy atom. The molecule has 0 spiro atoms. The molecule has 0 radical (unpaired) electrons. The highest BCUT2D eigenvalue weighted by molar-refractivity contribution is 5.92. The first-order chi connectivity index (χ1) is 21.1. The Morgan fingerprint density at radius 2 is 1.95 bits per heavy atom. The Morgan fingerprint density at radius 1 is 1.11 bits per heavy atom. The topological polar surface area (TPSA) is 105 Å². The van der Waals surface area contributed by atoms with E-state index in [1.165, 1.54) is 6.07 Å². The molecule has 1 saturated heterocycles. The van der Waals surface area contributed by atoms with Crippen LogP contribution in [0.25, 0.3) is 16.6 Å². The molecule has 0 saturated carbocycles. The van der Waals surface area contributed by atoms with Crippen molar-refractivity contribution in [3.8, 4) is 11.5 Å². The Balaban J connectivity index is 1.10. The van der Waals surface area contributed by atoms with Crippen LogP contribution in [0.1, 0.15) is 52.8 Å². The number of imidazole rings is 1. The first-order valence-electron chi connectivity index (χ1n) is 14.3. The molecular weight excluding hydrogens is 579 g/mol. The van der Waals surface area contributed by atoms with Gasteiger partial charge >= 0.3 is 12.1 Å². The van der Waals surface area contributed by atoms with Crippen molar-refractivity contribution < 1.29 is 42.0 Å². The van der Waals surface area contributed by atoms with Crippen LogP contribution in [-0.4, -0.2) is 51.0 Å². The Labute approximate surface area is 249 Å². The molecular formula is C32H28F3N3O6. The van der Waals surface area contributed by atoms with Gasteiger partial charge in [-0.25, -0.2) is 9.78 Å². The van der Waals surface area contributed by atoms with Gasteiger partial charge in [-0.05, 0) is 54.8 Å². The summed E-state index contributed by atoms with van der Waals surface area (Å²) >= 11 is 0. The van der Waals surface area contributed by atoms with E-state index in [4.69, 9.17) is 23.9 Å². The second-order valence-corrected chi connectivity index (χ2v) is 11.2. The number of benzene rings is 2. The third kappa shape index (κ3) is 5.17. The molecule has 12 heteroatoms. The monoisotopic (exact) mass is 607 g/mol. The number of carboxylic acids is 1. The summed E-state index contributed by atoms with van der Waals surface area (Å²) in [6.45, 7) is 3.22. The first-order valence-corrected chi connectivity index (χ1v) is 14.3. The number of hydrogen-bond donors (Lipinski definition) is 1. The minimum Gasteiger partial charge on any atom is -0.478 e. The number of nitrogens with zero attached hydrogens (tertiary/aromatic N) is 3. The maximum Gasteiger partial charge on any atom is 0.417 e. The molecule has 9 nitrogen and oxygen atoms in total. The lowest BCUT2D eigenvalue weighted by atomic mass is 9.99. The number of fused-ring (bicyclic) bond motifs is 2. The van der Waals surface area contributed by atoms with E-state index < -0.39 is 23.5 Å². The van der Waals surface area contributed by atoms with Crippen molar-refractivity contribution in [2.45, 2.75) is 56.9 Å². The smallest absolute Gasteiger partial charge is 0.417 e. The van der Waals surface area contributed by atoms with Gasteiger partial charge in [0.25, 0.3) is 5.79 Å². The molecule has 2 aromatic carbocycles. The number of ether oxygens (including phenoxy) is 4. The van der Waals surface area contributed by atoms with E-state index in [1.807, 2.05) is 16.7 Å². The van der Waals surface area contributed by atoms with Crippen molar-refractivity contribution in [1.82, 2.24) is 14.5 Å². The standard InChI is InChI=1S/C32H28F3N3O6/c1-31(27-10-7-20(15-36-27)32(33,34)35)43-26-4-2-3-23(29(26)44-31)19-5-8-21(42-17-19)14-28-37-24-9-6-18(30(39)40)13-25(24)38(28)16-22-11-12-41-22/h2-7,9-10,13,15,21-22H,8,11-12,14,16-17H2,1H3,(H,39,40)/t21?,22-,31+/m0/s1. The summed E-state index contributed by atoms with van der Waals surface area (Å²) in [5.74, 6) is -0.654. The number of alkyl halides is 3. The van der Waals surface area contributed by atoms with Gasteiger partial charge in [-0.3, -0.25) is 4.98 Å². The van der Waals surface area contributed by atoms with Gasteiger partial charge in [0.2, 0.25) is 0 Å². The fraction of sp³-hybridized carbons (Fsp3) is 0.344. The fourth-order valence-corrected chi connectivity index (χ4v) is 5.75. The van der Waals surface area contributed by atoms with Gasteiger partial charge in [-0.15, -0.1) is 0 Å². The van der Waals surface area contributed by atoms with E-state index in [-0.39, 0.29) is 23.5 Å². The zero-order valence-corrected chi connectivity index (χ0v) is 23.6. The number of halogens is 3. The van der Waals surface area contributed by atoms with Gasteiger partial charge in [-0.2, -0.15) is 13.2 Å². The summed E-state index contributed by atoms with van der Waals surface area (Å²) in [7, 11) is 0. The Bertz CT molecular complexity index is 1780. The molecule has 0 aliphatic carbocycles. The quantitative estimate of drug-likeness (QED) is 0.273. The lowest BCUT2D eigenvalue weighted by molar-refractivity contribution is -0.138. The van der Waals surface area contributed by atoms with Crippen LogP contribution in [0.5, 0.6) is 11.5 Å². The van der Waals surface area contributed by atoms with E-state index in [2.05, 4.69) is 11.1 Å². The van der Waals surface area contributed by atoms with Crippen molar-refractivity contribution in [2.24, 2.45) is 0 Å². The van der Waals surface area contributed by atoms with Crippen LogP contribution in [0.4, 0.5) is 13.2 Å². The summed E-state index contributed by atoms with van der Waals surface area (Å²) in [4.78, 5) is 20.4. The third-order valence-corrected chi connectivity index (χ3v) is 8.25. The molecule has 4 aromatic rings. The molecule has 2 aromatic heterocycles. The maximum atomic E-state index is 13.0. The minimum atomic E-state index is -4.49. The van der Waals surface area contributed by atoms with E-state index >= 15 is 0 Å². The first kappa shape index (κ1) is 28.4. The summed E-state index contributed by atoms with van der Waals surface area (Å²) in [6, 6.07) is 12.6. The molecule has 1 unspecified atom stereocenters. The van der Waals surface area contributed by atoms with Crippen LogP contribution in [0.15, 0.2) is 60.8 Å². The summed E-state index contributed by atoms with van der Waals surface area (Å²) in [6.07, 6.45) is 0.323. The largest absolute Gasteiger partial charge is 0.478 e. The predicted octanol–water partition coefficient (Wildman–Crippen LogP) is 6.00. The van der Waals surface area contributed by atoms with Gasteiger partial charge in [0.15, 0.2) is 11.5 Å². The van der Waals surface area contributed by atoms with E-state index in [1.54, 1.807) is 31.2 Å². The molecule has 7 rings (SSSR count). The fourth-order valence-electron chi connectivity index (χ4n) is 5.75. The summed E-state index contributed by atoms with van der Waals surface area (Å²) in [5, 5.41) is 9.50. The zero-order chi connectivity index (χ0) is 30.6. The van der Waals surface area contributed by atoms with Crippen molar-refractivity contribution >= 4 is 22.6 Å². The number of pyridine rings is 1. The molecule has 0 amide bonds. The number of aromatic nitrogens is 3. The molecule has 228 valence electrons. The number of para-hydroxylation sites is 1. The van der Waals surface area contributed by atoms with Gasteiger partial charge < -0.3 is 28.6 Å². The van der Waals surface area contributed by atoms with Gasteiger partial charge in [-0.1, -0.05) is 18.2 Å². The van der Waals surface area contributed by atoms with Crippen molar-refractivity contribution in [2.75, 3.05) is 13.2 Å². The number of rotatable bonds is 7. The Kier molecular flexibility index (Phi) is 6.85. The highest BCUT2D eigenvalue weighted by atomic mass is 19.4. The highest BCUT2D eigenvalue weighted by Gasteiger charge is 2.42. The van der Waals surface area contributed by atoms with Gasteiger partial charge in [0.1, 0.15) is 11.5 Å². The second-order valence-electron chi connectivity index (χ2n) is 11.2. The summed E-state index contributed by atoms with van der Waals surface area (Å²) in [5.41, 5.74) is 2.71. The number of carbonyl (C=O) groups is 1. The molecule has 3 aliphatic rings. The number of aromatic carboxylic acids is 1. The minimum absolute atomic E-state index is 0.0595. The summed E-state index contributed by atoms with van der Waals surface area (Å²) < 4.78 is 65.4. The average molecular weight is 608 g/mol. The van der Waals surface area contributed by atoms with Crippen LogP contribution in [0.3, 0.4) is 0 Å². The molecule has 0 bridgehead atoms. The van der Waals surface area contributed by atoms with Crippen LogP contribution in [-0.2, 0) is 34.4 Å². The molecule has 44 heavy (non-hydrogen) atoms. The third-order valence-electron chi connectivity index (χ3n) is 8.25. The second kappa shape index (κ2) is 10.6. The zero-order valence-electron chi connectivity index (χ0n) is 23.6. The van der Waals surface area contributed by atoms with Gasteiger partial charge in [0, 0.05) is 31.7 Å². The van der Waals surface area contributed by atoms with Crippen LogP contribution >= 0.6 is 0 Å². The number of hydrogen-bond acceptors (Lipinski definition) is 7. The molecule has 5 heterocycles. The predicted molar refractivity (Wildman–Crippen MR) is 151 cm³/mol. The van der Waals surface area contributed by atoms with Gasteiger partial charge in [0.05, 0.1) is 47.5 Å².